The van der Waals surface area contributed by atoms with Gasteiger partial charge in [-0.2, -0.15) is 0 Å². The highest BCUT2D eigenvalue weighted by Crippen LogP contribution is 2.26. The SMILES string of the molecule is Fc1cc(Cl)ccc1NCc1ccc2c(c1)CCO2. The fourth-order valence-corrected chi connectivity index (χ4v) is 2.34. The second kappa shape index (κ2) is 5.10. The van der Waals surface area contributed by atoms with Crippen molar-refractivity contribution in [3.63, 3.8) is 0 Å². The Balaban J connectivity index is 1.72. The minimum absolute atomic E-state index is 0.336. The molecule has 2 aromatic carbocycles. The largest absolute Gasteiger partial charge is 0.493 e. The molecule has 1 heterocycles. The average molecular weight is 278 g/mol. The summed E-state index contributed by atoms with van der Waals surface area (Å²) in [6.45, 7) is 1.32. The molecule has 2 nitrogen and oxygen atoms in total. The molecular formula is C15H13ClFNO. The fourth-order valence-electron chi connectivity index (χ4n) is 2.18. The first-order valence-electron chi connectivity index (χ1n) is 6.16. The van der Waals surface area contributed by atoms with E-state index in [4.69, 9.17) is 16.3 Å². The lowest BCUT2D eigenvalue weighted by Crippen LogP contribution is -2.01. The van der Waals surface area contributed by atoms with Crippen LogP contribution in [-0.4, -0.2) is 6.61 Å². The zero-order valence-electron chi connectivity index (χ0n) is 10.2. The quantitative estimate of drug-likeness (QED) is 0.915. The van der Waals surface area contributed by atoms with E-state index >= 15 is 0 Å². The second-order valence-corrected chi connectivity index (χ2v) is 4.95. The highest BCUT2D eigenvalue weighted by atomic mass is 35.5. The summed E-state index contributed by atoms with van der Waals surface area (Å²) in [5.74, 6) is 0.624. The fraction of sp³-hybridized carbons (Fsp3) is 0.200. The number of rotatable bonds is 3. The molecule has 0 spiro atoms. The van der Waals surface area contributed by atoms with Gasteiger partial charge in [0.05, 0.1) is 12.3 Å². The number of hydrogen-bond donors (Lipinski definition) is 1. The van der Waals surface area contributed by atoms with Gasteiger partial charge in [0.25, 0.3) is 0 Å². The number of fused-ring (bicyclic) bond motifs is 1. The predicted octanol–water partition coefficient (Wildman–Crippen LogP) is 4.03. The summed E-state index contributed by atoms with van der Waals surface area (Å²) >= 11 is 5.72. The Labute approximate surface area is 116 Å². The first-order valence-corrected chi connectivity index (χ1v) is 6.54. The number of hydrogen-bond acceptors (Lipinski definition) is 2. The Hall–Kier alpha value is -1.74. The van der Waals surface area contributed by atoms with Crippen molar-refractivity contribution in [1.82, 2.24) is 0 Å². The van der Waals surface area contributed by atoms with E-state index in [1.165, 1.54) is 11.6 Å². The van der Waals surface area contributed by atoms with Crippen LogP contribution in [0.1, 0.15) is 11.1 Å². The van der Waals surface area contributed by atoms with E-state index in [9.17, 15) is 4.39 Å². The lowest BCUT2D eigenvalue weighted by atomic mass is 10.1. The van der Waals surface area contributed by atoms with Crippen molar-refractivity contribution in [1.29, 1.82) is 0 Å². The van der Waals surface area contributed by atoms with Gasteiger partial charge >= 0.3 is 0 Å². The van der Waals surface area contributed by atoms with Gasteiger partial charge < -0.3 is 10.1 Å². The van der Waals surface area contributed by atoms with Gasteiger partial charge in [-0.3, -0.25) is 0 Å². The van der Waals surface area contributed by atoms with Gasteiger partial charge in [0.15, 0.2) is 0 Å². The first kappa shape index (κ1) is 12.3. The zero-order valence-corrected chi connectivity index (χ0v) is 11.0. The maximum Gasteiger partial charge on any atom is 0.147 e. The van der Waals surface area contributed by atoms with Gasteiger partial charge in [-0.25, -0.2) is 4.39 Å². The number of anilines is 1. The highest BCUT2D eigenvalue weighted by molar-refractivity contribution is 6.30. The number of halogens is 2. The van der Waals surface area contributed by atoms with Crippen molar-refractivity contribution in [3.8, 4) is 5.75 Å². The van der Waals surface area contributed by atoms with E-state index in [2.05, 4.69) is 11.4 Å². The number of benzene rings is 2. The molecule has 0 saturated heterocycles. The Bertz CT molecular complexity index is 615. The third-order valence-corrected chi connectivity index (χ3v) is 3.40. The molecule has 1 aliphatic heterocycles. The molecule has 4 heteroatoms. The van der Waals surface area contributed by atoms with Crippen LogP contribution in [0.3, 0.4) is 0 Å². The average Bonchev–Trinajstić information content (AvgIpc) is 2.85. The molecule has 0 amide bonds. The predicted molar refractivity (Wildman–Crippen MR) is 74.4 cm³/mol. The minimum atomic E-state index is -0.336. The Kier molecular flexibility index (Phi) is 3.30. The smallest absolute Gasteiger partial charge is 0.147 e. The van der Waals surface area contributed by atoms with Crippen molar-refractivity contribution in [3.05, 3.63) is 58.4 Å². The van der Waals surface area contributed by atoms with Crippen molar-refractivity contribution < 1.29 is 9.13 Å². The Morgan fingerprint density at radius 3 is 2.95 bits per heavy atom. The van der Waals surface area contributed by atoms with Crippen LogP contribution in [0.5, 0.6) is 5.75 Å². The van der Waals surface area contributed by atoms with E-state index < -0.39 is 0 Å². The highest BCUT2D eigenvalue weighted by Gasteiger charge is 2.12. The van der Waals surface area contributed by atoms with Gasteiger partial charge in [-0.05, 0) is 35.4 Å². The standard InChI is InChI=1S/C15H13ClFNO/c16-12-2-3-14(13(17)8-12)18-9-10-1-4-15-11(7-10)5-6-19-15/h1-4,7-8,18H,5-6,9H2. The van der Waals surface area contributed by atoms with Crippen LogP contribution in [0.25, 0.3) is 0 Å². The first-order chi connectivity index (χ1) is 9.22. The summed E-state index contributed by atoms with van der Waals surface area (Å²) in [7, 11) is 0. The van der Waals surface area contributed by atoms with Crippen LogP contribution in [0, 0.1) is 5.82 Å². The summed E-state index contributed by atoms with van der Waals surface area (Å²) in [6.07, 6.45) is 0.943. The molecule has 98 valence electrons. The molecule has 1 aliphatic rings. The van der Waals surface area contributed by atoms with Crippen molar-refractivity contribution in [2.45, 2.75) is 13.0 Å². The third kappa shape index (κ3) is 2.66. The van der Waals surface area contributed by atoms with E-state index in [1.807, 2.05) is 12.1 Å². The van der Waals surface area contributed by atoms with Crippen LogP contribution in [-0.2, 0) is 13.0 Å². The summed E-state index contributed by atoms with van der Waals surface area (Å²) in [5, 5.41) is 3.47. The maximum atomic E-state index is 13.6. The van der Waals surface area contributed by atoms with Gasteiger partial charge in [-0.1, -0.05) is 23.7 Å². The lowest BCUT2D eigenvalue weighted by Gasteiger charge is -2.09. The maximum absolute atomic E-state index is 13.6. The van der Waals surface area contributed by atoms with Crippen LogP contribution in [0.2, 0.25) is 5.02 Å². The molecule has 0 aliphatic carbocycles. The Morgan fingerprint density at radius 1 is 1.21 bits per heavy atom. The summed E-state index contributed by atoms with van der Waals surface area (Å²) < 4.78 is 19.1. The van der Waals surface area contributed by atoms with E-state index in [-0.39, 0.29) is 5.82 Å². The normalized spacial score (nSPS) is 12.9. The minimum Gasteiger partial charge on any atom is -0.493 e. The van der Waals surface area contributed by atoms with Crippen LogP contribution >= 0.6 is 11.6 Å². The lowest BCUT2D eigenvalue weighted by molar-refractivity contribution is 0.357. The van der Waals surface area contributed by atoms with Gasteiger partial charge in [0, 0.05) is 18.0 Å². The molecule has 0 radical (unpaired) electrons. The van der Waals surface area contributed by atoms with Crippen LogP contribution < -0.4 is 10.1 Å². The summed E-state index contributed by atoms with van der Waals surface area (Å²) in [6, 6.07) is 10.7. The van der Waals surface area contributed by atoms with E-state index in [1.54, 1.807) is 12.1 Å². The van der Waals surface area contributed by atoms with E-state index in [0.29, 0.717) is 17.3 Å². The third-order valence-electron chi connectivity index (χ3n) is 3.17. The van der Waals surface area contributed by atoms with Gasteiger partial charge in [0.1, 0.15) is 11.6 Å². The van der Waals surface area contributed by atoms with E-state index in [0.717, 1.165) is 24.3 Å². The second-order valence-electron chi connectivity index (χ2n) is 4.52. The molecule has 0 atom stereocenters. The molecule has 2 aromatic rings. The molecule has 0 unspecified atom stereocenters. The van der Waals surface area contributed by atoms with Crippen LogP contribution in [0.15, 0.2) is 36.4 Å². The Morgan fingerprint density at radius 2 is 2.11 bits per heavy atom. The molecule has 0 aromatic heterocycles. The molecule has 1 N–H and O–H groups in total. The van der Waals surface area contributed by atoms with Crippen molar-refractivity contribution in [2.24, 2.45) is 0 Å². The molecular weight excluding hydrogens is 265 g/mol. The number of nitrogens with one attached hydrogen (secondary N) is 1. The molecule has 0 bridgehead atoms. The molecule has 19 heavy (non-hydrogen) atoms. The monoisotopic (exact) mass is 277 g/mol. The topological polar surface area (TPSA) is 21.3 Å². The molecule has 3 rings (SSSR count). The number of ether oxygens (including phenoxy) is 1. The van der Waals surface area contributed by atoms with Crippen LogP contribution in [0.4, 0.5) is 10.1 Å². The van der Waals surface area contributed by atoms with Gasteiger partial charge in [0.2, 0.25) is 0 Å². The van der Waals surface area contributed by atoms with Gasteiger partial charge in [-0.15, -0.1) is 0 Å². The van der Waals surface area contributed by atoms with Crippen molar-refractivity contribution >= 4 is 17.3 Å². The van der Waals surface area contributed by atoms with Crippen molar-refractivity contribution in [2.75, 3.05) is 11.9 Å². The summed E-state index contributed by atoms with van der Waals surface area (Å²) in [4.78, 5) is 0. The molecule has 0 fully saturated rings. The molecule has 0 saturated carbocycles. The zero-order chi connectivity index (χ0) is 13.2. The summed E-state index contributed by atoms with van der Waals surface area (Å²) in [5.41, 5.74) is 2.79.